The van der Waals surface area contributed by atoms with Crippen LogP contribution in [0.5, 0.6) is 11.5 Å². The summed E-state index contributed by atoms with van der Waals surface area (Å²) in [7, 11) is 0. The Hall–Kier alpha value is -2.60. The van der Waals surface area contributed by atoms with Gasteiger partial charge in [-0.25, -0.2) is 5.43 Å². The number of hydrazone groups is 1. The normalized spacial score (nSPS) is 10.5. The van der Waals surface area contributed by atoms with E-state index < -0.39 is 0 Å². The molecule has 0 aromatic heterocycles. The van der Waals surface area contributed by atoms with Gasteiger partial charge in [-0.05, 0) is 42.8 Å². The molecule has 136 valence electrons. The van der Waals surface area contributed by atoms with Crippen LogP contribution in [0.1, 0.15) is 18.1 Å². The second-order valence-corrected chi connectivity index (χ2v) is 6.24. The summed E-state index contributed by atoms with van der Waals surface area (Å²) in [5.74, 6) is 1.25. The van der Waals surface area contributed by atoms with Gasteiger partial charge in [0.1, 0.15) is 18.1 Å². The van der Waals surface area contributed by atoms with E-state index in [9.17, 15) is 4.79 Å². The van der Waals surface area contributed by atoms with Gasteiger partial charge in [0.25, 0.3) is 0 Å². The molecule has 2 aromatic carbocycles. The molecule has 5 nitrogen and oxygen atoms in total. The maximum atomic E-state index is 12.0. The molecule has 0 aliphatic rings. The minimum Gasteiger partial charge on any atom is -0.494 e. The first kappa shape index (κ1) is 19.7. The molecule has 0 fully saturated rings. The summed E-state index contributed by atoms with van der Waals surface area (Å²) in [6.45, 7) is 6.57. The number of nitrogens with zero attached hydrogens (tertiary/aromatic N) is 1. The Morgan fingerprint density at radius 2 is 2.00 bits per heavy atom. The number of carbonyl (C=O) groups is 1. The van der Waals surface area contributed by atoms with Crippen molar-refractivity contribution in [3.05, 3.63) is 70.7 Å². The maximum Gasteiger partial charge on any atom is 0.244 e. The van der Waals surface area contributed by atoms with Crippen LogP contribution in [0.4, 0.5) is 0 Å². The quantitative estimate of drug-likeness (QED) is 0.380. The molecule has 0 aliphatic heterocycles. The van der Waals surface area contributed by atoms with E-state index in [-0.39, 0.29) is 12.3 Å². The SMILES string of the molecule is C=CCOc1ccc(Br)cc1/C=N/NC(=O)Cc1ccc(OCC)cc1. The highest BCUT2D eigenvalue weighted by molar-refractivity contribution is 9.10. The molecule has 0 heterocycles. The molecular weight excluding hydrogens is 396 g/mol. The van der Waals surface area contributed by atoms with Gasteiger partial charge in [0.2, 0.25) is 5.91 Å². The number of ether oxygens (including phenoxy) is 2. The van der Waals surface area contributed by atoms with Crippen LogP contribution >= 0.6 is 15.9 Å². The van der Waals surface area contributed by atoms with Crippen molar-refractivity contribution in [1.29, 1.82) is 0 Å². The highest BCUT2D eigenvalue weighted by atomic mass is 79.9. The average molecular weight is 417 g/mol. The Labute approximate surface area is 161 Å². The summed E-state index contributed by atoms with van der Waals surface area (Å²) in [6.07, 6.45) is 3.46. The molecule has 1 N–H and O–H groups in total. The lowest BCUT2D eigenvalue weighted by atomic mass is 10.1. The maximum absolute atomic E-state index is 12.0. The van der Waals surface area contributed by atoms with Crippen molar-refractivity contribution in [2.75, 3.05) is 13.2 Å². The van der Waals surface area contributed by atoms with Gasteiger partial charge in [0.15, 0.2) is 0 Å². The number of rotatable bonds is 9. The van der Waals surface area contributed by atoms with Crippen molar-refractivity contribution < 1.29 is 14.3 Å². The highest BCUT2D eigenvalue weighted by Gasteiger charge is 2.04. The predicted octanol–water partition coefficient (Wildman–Crippen LogP) is 4.11. The second kappa shape index (κ2) is 10.4. The molecule has 0 saturated heterocycles. The summed E-state index contributed by atoms with van der Waals surface area (Å²) in [4.78, 5) is 12.0. The van der Waals surface area contributed by atoms with E-state index in [1.54, 1.807) is 12.3 Å². The minimum absolute atomic E-state index is 0.200. The fraction of sp³-hybridized carbons (Fsp3) is 0.200. The number of benzene rings is 2. The predicted molar refractivity (Wildman–Crippen MR) is 107 cm³/mol. The molecule has 2 aromatic rings. The first-order chi connectivity index (χ1) is 12.6. The second-order valence-electron chi connectivity index (χ2n) is 5.33. The zero-order valence-electron chi connectivity index (χ0n) is 14.6. The minimum atomic E-state index is -0.200. The van der Waals surface area contributed by atoms with Gasteiger partial charge < -0.3 is 9.47 Å². The lowest BCUT2D eigenvalue weighted by molar-refractivity contribution is -0.120. The number of nitrogens with one attached hydrogen (secondary N) is 1. The Morgan fingerprint density at radius 3 is 2.69 bits per heavy atom. The first-order valence-electron chi connectivity index (χ1n) is 8.19. The number of halogens is 1. The van der Waals surface area contributed by atoms with E-state index in [0.29, 0.717) is 19.0 Å². The molecule has 0 radical (unpaired) electrons. The van der Waals surface area contributed by atoms with E-state index in [0.717, 1.165) is 21.3 Å². The highest BCUT2D eigenvalue weighted by Crippen LogP contribution is 2.21. The molecule has 0 unspecified atom stereocenters. The molecule has 6 heteroatoms. The number of hydrogen-bond acceptors (Lipinski definition) is 4. The molecule has 0 aliphatic carbocycles. The van der Waals surface area contributed by atoms with Gasteiger partial charge >= 0.3 is 0 Å². The number of hydrogen-bond donors (Lipinski definition) is 1. The number of amides is 1. The third-order valence-corrected chi connectivity index (χ3v) is 3.81. The summed E-state index contributed by atoms with van der Waals surface area (Å²) in [5, 5.41) is 4.02. The molecule has 0 atom stereocenters. The fourth-order valence-corrected chi connectivity index (χ4v) is 2.55. The standard InChI is InChI=1S/C20H21BrN2O3/c1-3-11-26-19-10-7-17(21)13-16(19)14-22-23-20(24)12-15-5-8-18(9-6-15)25-4-2/h3,5-10,13-14H,1,4,11-12H2,2H3,(H,23,24)/b22-14+. The van der Waals surface area contributed by atoms with Gasteiger partial charge in [-0.3, -0.25) is 4.79 Å². The largest absolute Gasteiger partial charge is 0.494 e. The van der Waals surface area contributed by atoms with Crippen LogP contribution in [0.2, 0.25) is 0 Å². The topological polar surface area (TPSA) is 59.9 Å². The van der Waals surface area contributed by atoms with Crippen LogP contribution in [-0.2, 0) is 11.2 Å². The summed E-state index contributed by atoms with van der Waals surface area (Å²) < 4.78 is 11.8. The molecular formula is C20H21BrN2O3. The van der Waals surface area contributed by atoms with Gasteiger partial charge in [-0.15, -0.1) is 0 Å². The Morgan fingerprint density at radius 1 is 1.23 bits per heavy atom. The van der Waals surface area contributed by atoms with Crippen molar-refractivity contribution >= 4 is 28.1 Å². The lowest BCUT2D eigenvalue weighted by Crippen LogP contribution is -2.19. The van der Waals surface area contributed by atoms with Crippen LogP contribution < -0.4 is 14.9 Å². The summed E-state index contributed by atoms with van der Waals surface area (Å²) in [5.41, 5.74) is 4.17. The molecule has 2 rings (SSSR count). The number of carbonyl (C=O) groups excluding carboxylic acids is 1. The Bertz CT molecular complexity index is 773. The molecule has 0 bridgehead atoms. The van der Waals surface area contributed by atoms with Gasteiger partial charge in [-0.1, -0.05) is 40.7 Å². The average Bonchev–Trinajstić information content (AvgIpc) is 2.63. The van der Waals surface area contributed by atoms with E-state index in [2.05, 4.69) is 33.0 Å². The van der Waals surface area contributed by atoms with Crippen molar-refractivity contribution in [3.8, 4) is 11.5 Å². The zero-order valence-corrected chi connectivity index (χ0v) is 16.2. The Balaban J connectivity index is 1.94. The van der Waals surface area contributed by atoms with E-state index >= 15 is 0 Å². The lowest BCUT2D eigenvalue weighted by Gasteiger charge is -2.07. The third-order valence-electron chi connectivity index (χ3n) is 3.32. The molecule has 1 amide bonds. The smallest absolute Gasteiger partial charge is 0.244 e. The van der Waals surface area contributed by atoms with Gasteiger partial charge in [0, 0.05) is 10.0 Å². The van der Waals surface area contributed by atoms with E-state index in [4.69, 9.17) is 9.47 Å². The van der Waals surface area contributed by atoms with Crippen LogP contribution in [-0.4, -0.2) is 25.3 Å². The molecule has 0 spiro atoms. The third kappa shape index (κ3) is 6.37. The van der Waals surface area contributed by atoms with Crippen molar-refractivity contribution in [2.24, 2.45) is 5.10 Å². The molecule has 0 saturated carbocycles. The van der Waals surface area contributed by atoms with Crippen molar-refractivity contribution in [3.63, 3.8) is 0 Å². The summed E-state index contributed by atoms with van der Waals surface area (Å²) in [6, 6.07) is 13.0. The van der Waals surface area contributed by atoms with Crippen molar-refractivity contribution in [1.82, 2.24) is 5.43 Å². The Kier molecular flexibility index (Phi) is 7.89. The zero-order chi connectivity index (χ0) is 18.8. The van der Waals surface area contributed by atoms with E-state index in [1.165, 1.54) is 0 Å². The van der Waals surface area contributed by atoms with Gasteiger partial charge in [0.05, 0.1) is 19.2 Å². The van der Waals surface area contributed by atoms with Crippen molar-refractivity contribution in [2.45, 2.75) is 13.3 Å². The first-order valence-corrected chi connectivity index (χ1v) is 8.98. The summed E-state index contributed by atoms with van der Waals surface area (Å²) >= 11 is 3.41. The van der Waals surface area contributed by atoms with Gasteiger partial charge in [-0.2, -0.15) is 5.10 Å². The van der Waals surface area contributed by atoms with E-state index in [1.807, 2.05) is 49.4 Å². The van der Waals surface area contributed by atoms with Crippen LogP contribution in [0, 0.1) is 0 Å². The van der Waals surface area contributed by atoms with Crippen LogP contribution in [0.15, 0.2) is 64.7 Å². The fourth-order valence-electron chi connectivity index (χ4n) is 2.17. The van der Waals surface area contributed by atoms with Crippen LogP contribution in [0.25, 0.3) is 0 Å². The molecule has 26 heavy (non-hydrogen) atoms. The monoisotopic (exact) mass is 416 g/mol. The van der Waals surface area contributed by atoms with Crippen LogP contribution in [0.3, 0.4) is 0 Å².